The van der Waals surface area contributed by atoms with Crippen molar-refractivity contribution < 1.29 is 13.2 Å². The zero-order valence-corrected chi connectivity index (χ0v) is 14.3. The molecule has 2 aliphatic rings. The van der Waals surface area contributed by atoms with E-state index in [1.54, 1.807) is 23.1 Å². The molecular formula is C16H23N3O3S. The Hall–Kier alpha value is -1.44. The molecule has 0 N–H and O–H groups in total. The maximum Gasteiger partial charge on any atom is 0.253 e. The van der Waals surface area contributed by atoms with Crippen molar-refractivity contribution in [2.24, 2.45) is 0 Å². The second kappa shape index (κ2) is 6.59. The van der Waals surface area contributed by atoms with Crippen LogP contribution in [0.4, 0.5) is 0 Å². The minimum atomic E-state index is -3.48. The van der Waals surface area contributed by atoms with Gasteiger partial charge in [0.1, 0.15) is 0 Å². The van der Waals surface area contributed by atoms with Gasteiger partial charge in [-0.25, -0.2) is 8.42 Å². The molecule has 2 saturated heterocycles. The minimum Gasteiger partial charge on any atom is -0.336 e. The molecule has 0 bridgehead atoms. The van der Waals surface area contributed by atoms with Crippen LogP contribution in [-0.4, -0.2) is 74.7 Å². The Bertz CT molecular complexity index is 676. The summed E-state index contributed by atoms with van der Waals surface area (Å²) in [6.45, 7) is 4.18. The normalized spacial score (nSPS) is 20.8. The molecule has 2 fully saturated rings. The summed E-state index contributed by atoms with van der Waals surface area (Å²) in [5.41, 5.74) is 0.454. The van der Waals surface area contributed by atoms with Gasteiger partial charge in [-0.2, -0.15) is 4.31 Å². The summed E-state index contributed by atoms with van der Waals surface area (Å²) in [4.78, 5) is 16.8. The lowest BCUT2D eigenvalue weighted by Crippen LogP contribution is -2.47. The molecule has 2 aliphatic heterocycles. The molecule has 0 unspecified atom stereocenters. The highest BCUT2D eigenvalue weighted by atomic mass is 32.2. The number of rotatable bonds is 3. The smallest absolute Gasteiger partial charge is 0.253 e. The molecule has 0 saturated carbocycles. The third kappa shape index (κ3) is 3.41. The van der Waals surface area contributed by atoms with Gasteiger partial charge in [0.05, 0.1) is 4.90 Å². The van der Waals surface area contributed by atoms with E-state index in [0.29, 0.717) is 31.7 Å². The Balaban J connectivity index is 1.81. The Morgan fingerprint density at radius 3 is 2.30 bits per heavy atom. The second-order valence-corrected chi connectivity index (χ2v) is 8.17. The van der Waals surface area contributed by atoms with Gasteiger partial charge in [0.25, 0.3) is 5.91 Å². The molecule has 1 aromatic rings. The van der Waals surface area contributed by atoms with E-state index in [1.807, 2.05) is 7.05 Å². The van der Waals surface area contributed by atoms with Gasteiger partial charge >= 0.3 is 0 Å². The quantitative estimate of drug-likeness (QED) is 0.821. The van der Waals surface area contributed by atoms with Crippen molar-refractivity contribution in [2.75, 3.05) is 46.3 Å². The van der Waals surface area contributed by atoms with E-state index in [2.05, 4.69) is 4.90 Å². The first kappa shape index (κ1) is 16.4. The van der Waals surface area contributed by atoms with Crippen molar-refractivity contribution in [3.8, 4) is 0 Å². The van der Waals surface area contributed by atoms with Gasteiger partial charge in [0.15, 0.2) is 0 Å². The second-order valence-electron chi connectivity index (χ2n) is 6.23. The Labute approximate surface area is 137 Å². The topological polar surface area (TPSA) is 60.9 Å². The molecule has 0 radical (unpaired) electrons. The van der Waals surface area contributed by atoms with Gasteiger partial charge in [-0.15, -0.1) is 0 Å². The van der Waals surface area contributed by atoms with Crippen LogP contribution in [0.1, 0.15) is 23.2 Å². The third-order valence-corrected chi connectivity index (χ3v) is 6.47. The first-order valence-electron chi connectivity index (χ1n) is 8.06. The summed E-state index contributed by atoms with van der Waals surface area (Å²) in [5.74, 6) is -0.0865. The predicted octanol–water partition coefficient (Wildman–Crippen LogP) is 0.859. The van der Waals surface area contributed by atoms with Crippen molar-refractivity contribution in [3.05, 3.63) is 29.8 Å². The van der Waals surface area contributed by atoms with E-state index in [9.17, 15) is 13.2 Å². The van der Waals surface area contributed by atoms with Gasteiger partial charge in [-0.05, 0) is 38.1 Å². The van der Waals surface area contributed by atoms with E-state index >= 15 is 0 Å². The number of carbonyl (C=O) groups is 1. The van der Waals surface area contributed by atoms with E-state index < -0.39 is 10.0 Å². The lowest BCUT2D eigenvalue weighted by Gasteiger charge is -2.32. The van der Waals surface area contributed by atoms with Crippen molar-refractivity contribution >= 4 is 15.9 Å². The molecule has 126 valence electrons. The molecule has 1 amide bonds. The number of likely N-dealkylation sites (N-methyl/N-ethyl adjacent to an activating group) is 1. The predicted molar refractivity (Wildman–Crippen MR) is 87.8 cm³/mol. The van der Waals surface area contributed by atoms with Gasteiger partial charge in [-0.3, -0.25) is 4.79 Å². The summed E-state index contributed by atoms with van der Waals surface area (Å²) >= 11 is 0. The number of carbonyl (C=O) groups excluding carboxylic acids is 1. The maximum absolute atomic E-state index is 12.6. The summed E-state index contributed by atoms with van der Waals surface area (Å²) in [5, 5.41) is 0. The maximum atomic E-state index is 12.6. The standard InChI is InChI=1S/C16H23N3O3S/c1-17-9-11-18(12-10-17)16(20)14-5-4-6-15(13-14)23(21,22)19-7-2-3-8-19/h4-6,13H,2-3,7-12H2,1H3. The molecular weight excluding hydrogens is 314 g/mol. The Morgan fingerprint density at radius 2 is 1.65 bits per heavy atom. The molecule has 1 aromatic carbocycles. The van der Waals surface area contributed by atoms with Gasteiger partial charge < -0.3 is 9.80 Å². The molecule has 0 spiro atoms. The molecule has 0 atom stereocenters. The van der Waals surface area contributed by atoms with Crippen molar-refractivity contribution in [2.45, 2.75) is 17.7 Å². The average molecular weight is 337 g/mol. The highest BCUT2D eigenvalue weighted by molar-refractivity contribution is 7.89. The lowest BCUT2D eigenvalue weighted by molar-refractivity contribution is 0.0664. The van der Waals surface area contributed by atoms with Crippen LogP contribution in [0.25, 0.3) is 0 Å². The molecule has 6 nitrogen and oxygen atoms in total. The fourth-order valence-electron chi connectivity index (χ4n) is 3.06. The number of amides is 1. The SMILES string of the molecule is CN1CCN(C(=O)c2cccc(S(=O)(=O)N3CCCC3)c2)CC1. The number of piperazine rings is 1. The first-order valence-corrected chi connectivity index (χ1v) is 9.50. The summed E-state index contributed by atoms with van der Waals surface area (Å²) in [7, 11) is -1.45. The highest BCUT2D eigenvalue weighted by Crippen LogP contribution is 2.22. The van der Waals surface area contributed by atoms with Crippen LogP contribution in [0.3, 0.4) is 0 Å². The molecule has 0 aliphatic carbocycles. The largest absolute Gasteiger partial charge is 0.336 e. The Morgan fingerprint density at radius 1 is 1.00 bits per heavy atom. The zero-order valence-electron chi connectivity index (χ0n) is 13.4. The third-order valence-electron chi connectivity index (χ3n) is 4.57. The van der Waals surface area contributed by atoms with Crippen molar-refractivity contribution in [1.82, 2.24) is 14.1 Å². The van der Waals surface area contributed by atoms with Crippen LogP contribution in [-0.2, 0) is 10.0 Å². The molecule has 7 heteroatoms. The summed E-state index contributed by atoms with van der Waals surface area (Å²) in [6, 6.07) is 6.46. The number of benzene rings is 1. The van der Waals surface area contributed by atoms with E-state index in [0.717, 1.165) is 25.9 Å². The number of sulfonamides is 1. The van der Waals surface area contributed by atoms with E-state index in [4.69, 9.17) is 0 Å². The van der Waals surface area contributed by atoms with Crippen LogP contribution < -0.4 is 0 Å². The lowest BCUT2D eigenvalue weighted by atomic mass is 10.2. The highest BCUT2D eigenvalue weighted by Gasteiger charge is 2.28. The van der Waals surface area contributed by atoms with Crippen LogP contribution in [0.15, 0.2) is 29.2 Å². The molecule has 3 rings (SSSR count). The van der Waals surface area contributed by atoms with Crippen LogP contribution in [0, 0.1) is 0 Å². The monoisotopic (exact) mass is 337 g/mol. The zero-order chi connectivity index (χ0) is 16.4. The molecule has 2 heterocycles. The number of hydrogen-bond acceptors (Lipinski definition) is 4. The number of hydrogen-bond donors (Lipinski definition) is 0. The fourth-order valence-corrected chi connectivity index (χ4v) is 4.62. The summed E-state index contributed by atoms with van der Waals surface area (Å²) in [6.07, 6.45) is 1.80. The van der Waals surface area contributed by atoms with E-state index in [-0.39, 0.29) is 10.8 Å². The van der Waals surface area contributed by atoms with Crippen molar-refractivity contribution in [3.63, 3.8) is 0 Å². The fraction of sp³-hybridized carbons (Fsp3) is 0.562. The average Bonchev–Trinajstić information content (AvgIpc) is 3.10. The van der Waals surface area contributed by atoms with Gasteiger partial charge in [0.2, 0.25) is 10.0 Å². The Kier molecular flexibility index (Phi) is 4.70. The van der Waals surface area contributed by atoms with Gasteiger partial charge in [-0.1, -0.05) is 6.07 Å². The van der Waals surface area contributed by atoms with Crippen LogP contribution in [0.2, 0.25) is 0 Å². The van der Waals surface area contributed by atoms with Crippen LogP contribution >= 0.6 is 0 Å². The van der Waals surface area contributed by atoms with Crippen LogP contribution in [0.5, 0.6) is 0 Å². The van der Waals surface area contributed by atoms with Crippen molar-refractivity contribution in [1.29, 1.82) is 0 Å². The number of nitrogens with zero attached hydrogens (tertiary/aromatic N) is 3. The minimum absolute atomic E-state index is 0.0865. The first-order chi connectivity index (χ1) is 11.0. The van der Waals surface area contributed by atoms with Gasteiger partial charge in [0, 0.05) is 44.8 Å². The molecule has 23 heavy (non-hydrogen) atoms. The molecule has 0 aromatic heterocycles. The van der Waals surface area contributed by atoms with E-state index in [1.165, 1.54) is 10.4 Å². The summed E-state index contributed by atoms with van der Waals surface area (Å²) < 4.78 is 26.8.